The molecule has 0 atom stereocenters. The van der Waals surface area contributed by atoms with Crippen molar-refractivity contribution < 1.29 is 43.8 Å². The molecular weight excluding hydrogens is 306 g/mol. The van der Waals surface area contributed by atoms with Crippen LogP contribution in [0.1, 0.15) is 5.69 Å². The van der Waals surface area contributed by atoms with Crippen LogP contribution >= 0.6 is 0 Å². The minimum absolute atomic E-state index is 0.826. The Morgan fingerprint density at radius 1 is 1.00 bits per heavy atom. The summed E-state index contributed by atoms with van der Waals surface area (Å²) in [6, 6.07) is 3.97. The molecule has 0 saturated heterocycles. The maximum absolute atomic E-state index is 7.50. The summed E-state index contributed by atoms with van der Waals surface area (Å²) < 4.78 is 45.3. The first-order chi connectivity index (χ1) is 9.75. The normalized spacial score (nSPS) is 5.40. The van der Waals surface area contributed by atoms with E-state index in [0.717, 1.165) is 10.3 Å². The van der Waals surface area contributed by atoms with Crippen LogP contribution in [0.5, 0.6) is 0 Å². The molecule has 0 bridgehead atoms. The Morgan fingerprint density at radius 2 is 1.35 bits per heavy atom. The van der Waals surface area contributed by atoms with E-state index >= 15 is 0 Å². The van der Waals surface area contributed by atoms with Gasteiger partial charge in [-0.25, -0.2) is 0 Å². The third-order valence-electron chi connectivity index (χ3n) is 1.34. The number of methoxy groups -OCH3 is 1. The molecule has 8 heteroatoms. The summed E-state index contributed by atoms with van der Waals surface area (Å²) in [6.07, 6.45) is 1.98. The number of nitrogens with zero attached hydrogens (tertiary/aromatic N) is 1. The van der Waals surface area contributed by atoms with Gasteiger partial charge in [0, 0.05) is 0 Å². The van der Waals surface area contributed by atoms with Crippen molar-refractivity contribution in [2.75, 3.05) is 7.11 Å². The molecule has 7 nitrogen and oxygen atoms in total. The number of aryl methyl sites for hydroxylation is 1. The average molecular weight is 315 g/mol. The molecule has 0 fully saturated rings. The zero-order valence-electron chi connectivity index (χ0n) is 10.5. The molecule has 0 aliphatic heterocycles. The van der Waals surface area contributed by atoms with E-state index in [1.54, 1.807) is 7.11 Å². The summed E-state index contributed by atoms with van der Waals surface area (Å²) >= 11 is 2.84. The van der Waals surface area contributed by atoms with E-state index < -0.39 is 0 Å². The van der Waals surface area contributed by atoms with Crippen LogP contribution in [0.25, 0.3) is 0 Å². The molecule has 0 spiro atoms. The van der Waals surface area contributed by atoms with Gasteiger partial charge in [0.25, 0.3) is 0 Å². The Kier molecular flexibility index (Phi) is 55.8. The van der Waals surface area contributed by atoms with Gasteiger partial charge in [0.2, 0.25) is 0 Å². The molecule has 20 heavy (non-hydrogen) atoms. The number of rotatable bonds is 2. The molecule has 1 aromatic rings. The third-order valence-corrected chi connectivity index (χ3v) is 1.93. The van der Waals surface area contributed by atoms with E-state index in [4.69, 9.17) is 28.0 Å². The van der Waals surface area contributed by atoms with Crippen molar-refractivity contribution >= 4 is 4.57 Å². The Balaban J connectivity index is -0.0000000639. The Morgan fingerprint density at radius 3 is 1.55 bits per heavy atom. The molecule has 0 aromatic carbocycles. The summed E-state index contributed by atoms with van der Waals surface area (Å²) in [7, 11) is 3.63. The predicted octanol–water partition coefficient (Wildman–Crippen LogP) is 0.509. The molecular formula is C12H9CrNO6. The molecule has 0 amide bonds. The van der Waals surface area contributed by atoms with Crippen molar-refractivity contribution in [2.24, 2.45) is 7.05 Å². The van der Waals surface area contributed by atoms with Gasteiger partial charge in [0.05, 0.1) is 0 Å². The van der Waals surface area contributed by atoms with Crippen LogP contribution in [0.3, 0.4) is 0 Å². The van der Waals surface area contributed by atoms with Crippen molar-refractivity contribution in [1.29, 1.82) is 0 Å². The van der Waals surface area contributed by atoms with Crippen LogP contribution in [0.4, 0.5) is 0 Å². The molecule has 0 aliphatic rings. The van der Waals surface area contributed by atoms with Gasteiger partial charge < -0.3 is 0 Å². The molecule has 104 valence electrons. The van der Waals surface area contributed by atoms with Crippen LogP contribution < -0.4 is 0 Å². The fraction of sp³-hybridized carbons (Fsp3) is 0.167. The minimum atomic E-state index is 0.826. The van der Waals surface area contributed by atoms with Crippen LogP contribution in [0, 0.1) is 33.3 Å². The molecule has 0 radical (unpaired) electrons. The van der Waals surface area contributed by atoms with Crippen LogP contribution in [0.2, 0.25) is 0 Å². The molecule has 1 aromatic heterocycles. The molecule has 1 rings (SSSR count). The van der Waals surface area contributed by atoms with Crippen LogP contribution in [-0.2, 0) is 50.9 Å². The zero-order chi connectivity index (χ0) is 17.6. The van der Waals surface area contributed by atoms with Crippen molar-refractivity contribution in [2.45, 2.75) is 0 Å². The van der Waals surface area contributed by atoms with Gasteiger partial charge in [-0.2, -0.15) is 0 Å². The first kappa shape index (κ1) is 31.0. The molecule has 1 heterocycles. The predicted molar refractivity (Wildman–Crippen MR) is 56.2 cm³/mol. The van der Waals surface area contributed by atoms with E-state index in [-0.39, 0.29) is 0 Å². The standard InChI is InChI=1S/C7H9NO.5CO.Cr/c1-8-5-3-4-7(8)6-9-2;5*1-2;/h3-5H,1-2H3;;;;;;. The van der Waals surface area contributed by atoms with Crippen molar-refractivity contribution in [3.8, 4) is 0 Å². The first-order valence-electron chi connectivity index (χ1n) is 3.97. The van der Waals surface area contributed by atoms with Crippen molar-refractivity contribution in [1.82, 2.24) is 4.57 Å². The van der Waals surface area contributed by atoms with Gasteiger partial charge in [-0.1, -0.05) is 0 Å². The number of aromatic nitrogens is 1. The molecule has 0 N–H and O–H groups in total. The summed E-state index contributed by atoms with van der Waals surface area (Å²) in [5.74, 6) is 0. The van der Waals surface area contributed by atoms with Crippen LogP contribution in [0.15, 0.2) is 18.3 Å². The van der Waals surface area contributed by atoms with E-state index in [1.165, 1.54) is 0 Å². The first-order valence-corrected chi connectivity index (χ1v) is 4.61. The number of ether oxygens (including phenoxy) is 1. The second-order valence-electron chi connectivity index (χ2n) is 2.00. The van der Waals surface area contributed by atoms with Gasteiger partial charge in [-0.05, 0) is 0 Å². The van der Waals surface area contributed by atoms with E-state index in [9.17, 15) is 0 Å². The number of hydrogen-bond donors (Lipinski definition) is 0. The summed E-state index contributed by atoms with van der Waals surface area (Å²) in [5.41, 5.74) is 1.07. The fourth-order valence-electron chi connectivity index (χ4n) is 0.778. The third kappa shape index (κ3) is 18.7. The summed E-state index contributed by atoms with van der Waals surface area (Å²) in [5, 5.41) is 0. The Bertz CT molecular complexity index is 392. The van der Waals surface area contributed by atoms with Gasteiger partial charge in [-0.15, -0.1) is 0 Å². The van der Waals surface area contributed by atoms with Gasteiger partial charge in [0.15, 0.2) is 0 Å². The Hall–Kier alpha value is -1.66. The summed E-state index contributed by atoms with van der Waals surface area (Å²) in [4.78, 5) is 0. The monoisotopic (exact) mass is 315 g/mol. The van der Waals surface area contributed by atoms with E-state index in [2.05, 4.69) is 49.1 Å². The quantitative estimate of drug-likeness (QED) is 0.574. The SMILES string of the molecule is CO[C](=[Cr])c1cccn1C.[C-]#[O+].[C-]#[O+].[C-]#[O+].[C-]#[O+].[C-]#[O+]. The second kappa shape index (κ2) is 36.0. The van der Waals surface area contributed by atoms with E-state index in [1.807, 2.05) is 29.9 Å². The zero-order valence-corrected chi connectivity index (χ0v) is 11.8. The average Bonchev–Trinajstić information content (AvgIpc) is 3.02. The molecule has 0 unspecified atom stereocenters. The fourth-order valence-corrected chi connectivity index (χ4v) is 1.11. The molecule has 0 aliphatic carbocycles. The maximum atomic E-state index is 7.50. The van der Waals surface area contributed by atoms with E-state index in [0.29, 0.717) is 0 Å². The topological polar surface area (TPSA) is 114 Å². The van der Waals surface area contributed by atoms with Crippen molar-refractivity contribution in [3.05, 3.63) is 57.3 Å². The van der Waals surface area contributed by atoms with Crippen molar-refractivity contribution in [3.63, 3.8) is 0 Å². The van der Waals surface area contributed by atoms with Crippen LogP contribution in [-0.4, -0.2) is 16.2 Å². The van der Waals surface area contributed by atoms with Gasteiger partial charge in [0.1, 0.15) is 0 Å². The number of hydrogen-bond acceptors (Lipinski definition) is 1. The second-order valence-corrected chi connectivity index (χ2v) is 2.57. The van der Waals surface area contributed by atoms with Gasteiger partial charge in [-0.3, -0.25) is 0 Å². The molecule has 0 saturated carbocycles. The van der Waals surface area contributed by atoms with Gasteiger partial charge >= 0.3 is 124 Å². The summed E-state index contributed by atoms with van der Waals surface area (Å²) in [6.45, 7) is 22.5. The Labute approximate surface area is 125 Å².